The summed E-state index contributed by atoms with van der Waals surface area (Å²) in [5.74, 6) is 0.220. The molecule has 2 amide bonds. The highest BCUT2D eigenvalue weighted by Crippen LogP contribution is 2.32. The van der Waals surface area contributed by atoms with E-state index in [0.717, 1.165) is 38.8 Å². The molecule has 0 saturated heterocycles. The van der Waals surface area contributed by atoms with Gasteiger partial charge >= 0.3 is 18.2 Å². The number of rotatable bonds is 13. The van der Waals surface area contributed by atoms with E-state index in [4.69, 9.17) is 23.4 Å². The summed E-state index contributed by atoms with van der Waals surface area (Å²) in [4.78, 5) is 36.2. The standard InChI is InChI=1S/C36H42N2O8/c1-6-42-32(39)21-28-12-11-24(13-15-37-34(40)43-7-2)20-31(28)45-23-26-18-29-14-16-44-33(29)30(19-26)27-10-8-9-25(17-27)22-38-35(41)46-36(3,4)5/h8-12,14,16-20H,6-7,13,15,21-23H2,1-5H3,(H,37,40)(H,38,41). The van der Waals surface area contributed by atoms with Crippen LogP contribution in [0, 0.1) is 0 Å². The molecule has 0 aliphatic carbocycles. The molecule has 1 heterocycles. The molecule has 0 aliphatic rings. The smallest absolute Gasteiger partial charge is 0.407 e. The second kappa shape index (κ2) is 15.8. The van der Waals surface area contributed by atoms with E-state index in [1.54, 1.807) is 20.1 Å². The Labute approximate surface area is 269 Å². The normalized spacial score (nSPS) is 11.2. The van der Waals surface area contributed by atoms with Gasteiger partial charge in [-0.3, -0.25) is 4.79 Å². The minimum Gasteiger partial charge on any atom is -0.489 e. The van der Waals surface area contributed by atoms with Gasteiger partial charge in [-0.15, -0.1) is 0 Å². The highest BCUT2D eigenvalue weighted by Gasteiger charge is 2.17. The highest BCUT2D eigenvalue weighted by molar-refractivity contribution is 5.93. The topological polar surface area (TPSA) is 125 Å². The fourth-order valence-electron chi connectivity index (χ4n) is 4.83. The van der Waals surface area contributed by atoms with Gasteiger partial charge in [0.2, 0.25) is 0 Å². The summed E-state index contributed by atoms with van der Waals surface area (Å²) in [6.45, 7) is 10.5. The number of hydrogen-bond donors (Lipinski definition) is 2. The number of ether oxygens (including phenoxy) is 4. The first-order valence-corrected chi connectivity index (χ1v) is 15.4. The lowest BCUT2D eigenvalue weighted by atomic mass is 9.99. The van der Waals surface area contributed by atoms with Crippen LogP contribution in [0.25, 0.3) is 22.1 Å². The molecule has 4 aromatic rings. The molecule has 0 aliphatic heterocycles. The summed E-state index contributed by atoms with van der Waals surface area (Å²) >= 11 is 0. The van der Waals surface area contributed by atoms with Gasteiger partial charge in [0.05, 0.1) is 25.9 Å². The summed E-state index contributed by atoms with van der Waals surface area (Å²) in [5, 5.41) is 6.45. The Hall–Kier alpha value is -4.99. The molecule has 0 saturated carbocycles. The second-order valence-electron chi connectivity index (χ2n) is 11.6. The molecule has 46 heavy (non-hydrogen) atoms. The van der Waals surface area contributed by atoms with Crippen molar-refractivity contribution in [2.45, 2.75) is 66.2 Å². The Balaban J connectivity index is 1.54. The molecule has 0 unspecified atom stereocenters. The predicted octanol–water partition coefficient (Wildman–Crippen LogP) is 7.10. The molecule has 10 heteroatoms. The number of amides is 2. The van der Waals surface area contributed by atoms with E-state index in [1.165, 1.54) is 0 Å². The quantitative estimate of drug-likeness (QED) is 0.118. The van der Waals surface area contributed by atoms with E-state index in [2.05, 4.69) is 10.6 Å². The molecular weight excluding hydrogens is 588 g/mol. The SMILES string of the molecule is CCOC(=O)Cc1ccc(CCNC(=O)OCC)cc1OCc1cc(-c2cccc(CNC(=O)OC(C)(C)C)c2)c2occc2c1. The van der Waals surface area contributed by atoms with Crippen LogP contribution in [0.2, 0.25) is 0 Å². The average Bonchev–Trinajstić information content (AvgIpc) is 3.48. The third-order valence-corrected chi connectivity index (χ3v) is 6.81. The Morgan fingerprint density at radius 1 is 0.826 bits per heavy atom. The van der Waals surface area contributed by atoms with E-state index in [-0.39, 0.29) is 19.0 Å². The van der Waals surface area contributed by atoms with Crippen LogP contribution >= 0.6 is 0 Å². The van der Waals surface area contributed by atoms with Gasteiger partial charge in [0, 0.05) is 29.6 Å². The van der Waals surface area contributed by atoms with Crippen molar-refractivity contribution in [3.63, 3.8) is 0 Å². The van der Waals surface area contributed by atoms with E-state index >= 15 is 0 Å². The van der Waals surface area contributed by atoms with E-state index in [9.17, 15) is 14.4 Å². The van der Waals surface area contributed by atoms with Crippen LogP contribution in [0.15, 0.2) is 71.3 Å². The molecule has 244 valence electrons. The lowest BCUT2D eigenvalue weighted by Crippen LogP contribution is -2.32. The molecule has 10 nitrogen and oxygen atoms in total. The van der Waals surface area contributed by atoms with Crippen molar-refractivity contribution < 1.29 is 37.7 Å². The van der Waals surface area contributed by atoms with Crippen LogP contribution in [-0.4, -0.2) is 43.5 Å². The number of nitrogens with one attached hydrogen (secondary N) is 2. The van der Waals surface area contributed by atoms with Crippen molar-refractivity contribution in [3.8, 4) is 16.9 Å². The van der Waals surface area contributed by atoms with E-state index in [1.807, 2.05) is 81.4 Å². The lowest BCUT2D eigenvalue weighted by Gasteiger charge is -2.19. The number of alkyl carbamates (subject to hydrolysis) is 2. The lowest BCUT2D eigenvalue weighted by molar-refractivity contribution is -0.142. The van der Waals surface area contributed by atoms with Crippen LogP contribution in [0.1, 0.15) is 56.9 Å². The van der Waals surface area contributed by atoms with Crippen LogP contribution in [0.5, 0.6) is 5.75 Å². The highest BCUT2D eigenvalue weighted by atomic mass is 16.6. The summed E-state index contributed by atoms with van der Waals surface area (Å²) in [5.41, 5.74) is 5.40. The minimum atomic E-state index is -0.582. The monoisotopic (exact) mass is 630 g/mol. The van der Waals surface area contributed by atoms with Gasteiger partial charge in [0.1, 0.15) is 23.5 Å². The summed E-state index contributed by atoms with van der Waals surface area (Å²) in [6.07, 6.45) is 1.33. The van der Waals surface area contributed by atoms with Gasteiger partial charge in [-0.2, -0.15) is 0 Å². The first-order chi connectivity index (χ1) is 22.0. The molecule has 2 N–H and O–H groups in total. The molecule has 0 atom stereocenters. The van der Waals surface area contributed by atoms with Crippen molar-refractivity contribution >= 4 is 29.1 Å². The maximum absolute atomic E-state index is 12.3. The maximum atomic E-state index is 12.3. The Morgan fingerprint density at radius 2 is 1.63 bits per heavy atom. The molecule has 4 rings (SSSR count). The number of fused-ring (bicyclic) bond motifs is 1. The van der Waals surface area contributed by atoms with Crippen LogP contribution in [0.3, 0.4) is 0 Å². The molecule has 0 fully saturated rings. The Kier molecular flexibility index (Phi) is 11.7. The van der Waals surface area contributed by atoms with E-state index < -0.39 is 17.8 Å². The first-order valence-electron chi connectivity index (χ1n) is 15.4. The largest absolute Gasteiger partial charge is 0.489 e. The van der Waals surface area contributed by atoms with Crippen molar-refractivity contribution in [2.24, 2.45) is 0 Å². The Morgan fingerprint density at radius 3 is 2.39 bits per heavy atom. The van der Waals surface area contributed by atoms with Crippen molar-refractivity contribution in [1.82, 2.24) is 10.6 Å². The second-order valence-corrected chi connectivity index (χ2v) is 11.6. The number of furan rings is 1. The number of hydrogen-bond acceptors (Lipinski definition) is 8. The zero-order valence-electron chi connectivity index (χ0n) is 27.1. The summed E-state index contributed by atoms with van der Waals surface area (Å²) < 4.78 is 27.7. The number of esters is 1. The Bertz CT molecular complexity index is 1650. The fraction of sp³-hybridized carbons (Fsp3) is 0.361. The van der Waals surface area contributed by atoms with Crippen LogP contribution in [-0.2, 0) is 45.0 Å². The molecular formula is C36H42N2O8. The minimum absolute atomic E-state index is 0.0701. The first kappa shape index (κ1) is 33.9. The molecule has 3 aromatic carbocycles. The molecule has 0 bridgehead atoms. The zero-order valence-corrected chi connectivity index (χ0v) is 27.1. The number of carbonyl (C=O) groups is 3. The van der Waals surface area contributed by atoms with Crippen molar-refractivity contribution in [3.05, 3.63) is 89.2 Å². The third-order valence-electron chi connectivity index (χ3n) is 6.81. The van der Waals surface area contributed by atoms with Gasteiger partial charge in [-0.25, -0.2) is 9.59 Å². The number of benzene rings is 3. The summed E-state index contributed by atoms with van der Waals surface area (Å²) in [7, 11) is 0. The summed E-state index contributed by atoms with van der Waals surface area (Å²) in [6, 6.07) is 19.5. The van der Waals surface area contributed by atoms with E-state index in [0.29, 0.717) is 44.0 Å². The van der Waals surface area contributed by atoms with Crippen molar-refractivity contribution in [1.29, 1.82) is 0 Å². The fourth-order valence-corrected chi connectivity index (χ4v) is 4.83. The van der Waals surface area contributed by atoms with Gasteiger partial charge in [0.25, 0.3) is 0 Å². The van der Waals surface area contributed by atoms with Crippen LogP contribution < -0.4 is 15.4 Å². The van der Waals surface area contributed by atoms with Gasteiger partial charge in [-0.05, 0) is 93.6 Å². The third kappa shape index (κ3) is 10.0. The predicted molar refractivity (Wildman–Crippen MR) is 175 cm³/mol. The molecule has 0 spiro atoms. The van der Waals surface area contributed by atoms with Gasteiger partial charge < -0.3 is 34.0 Å². The van der Waals surface area contributed by atoms with Gasteiger partial charge in [-0.1, -0.05) is 30.3 Å². The number of carbonyl (C=O) groups excluding carboxylic acids is 3. The molecule has 0 radical (unpaired) electrons. The van der Waals surface area contributed by atoms with Crippen molar-refractivity contribution in [2.75, 3.05) is 19.8 Å². The zero-order chi connectivity index (χ0) is 33.1. The average molecular weight is 631 g/mol. The maximum Gasteiger partial charge on any atom is 0.407 e. The van der Waals surface area contributed by atoms with Gasteiger partial charge in [0.15, 0.2) is 0 Å². The molecule has 1 aromatic heterocycles. The van der Waals surface area contributed by atoms with Crippen LogP contribution in [0.4, 0.5) is 9.59 Å².